The summed E-state index contributed by atoms with van der Waals surface area (Å²) in [4.78, 5) is 10.5. The monoisotopic (exact) mass is 234 g/mol. The van der Waals surface area contributed by atoms with Crippen molar-refractivity contribution < 1.29 is 14.6 Å². The molecule has 0 bridgehead atoms. The third kappa shape index (κ3) is 5.43. The van der Waals surface area contributed by atoms with Crippen LogP contribution in [0.5, 0.6) is 0 Å². The van der Waals surface area contributed by atoms with Crippen molar-refractivity contribution in [3.05, 3.63) is 41.5 Å². The standard InChI is InChI=1S/C14H18O3/c1-11(2)10-17-14(16)8-7-12-3-5-13(9-15)6-4-12/h3-9,11,14,16H,10H2,1-2H3/b8-7+. The Morgan fingerprint density at radius 3 is 2.35 bits per heavy atom. The summed E-state index contributed by atoms with van der Waals surface area (Å²) in [6.45, 7) is 4.57. The van der Waals surface area contributed by atoms with Gasteiger partial charge in [0, 0.05) is 5.56 Å². The van der Waals surface area contributed by atoms with Crippen LogP contribution in [0.15, 0.2) is 30.3 Å². The highest BCUT2D eigenvalue weighted by Gasteiger charge is 2.00. The average Bonchev–Trinajstić information content (AvgIpc) is 2.34. The molecule has 0 aromatic heterocycles. The van der Waals surface area contributed by atoms with E-state index in [1.165, 1.54) is 0 Å². The predicted molar refractivity (Wildman–Crippen MR) is 67.7 cm³/mol. The minimum absolute atomic E-state index is 0.393. The van der Waals surface area contributed by atoms with Crippen molar-refractivity contribution in [2.45, 2.75) is 20.1 Å². The van der Waals surface area contributed by atoms with Gasteiger partial charge in [-0.3, -0.25) is 4.79 Å². The van der Waals surface area contributed by atoms with Crippen molar-refractivity contribution in [3.8, 4) is 0 Å². The Morgan fingerprint density at radius 2 is 1.82 bits per heavy atom. The van der Waals surface area contributed by atoms with Crippen LogP contribution in [0.2, 0.25) is 0 Å². The molecular weight excluding hydrogens is 216 g/mol. The van der Waals surface area contributed by atoms with Crippen LogP contribution in [0.1, 0.15) is 29.8 Å². The number of ether oxygens (including phenoxy) is 1. The molecule has 1 rings (SSSR count). The molecule has 0 aliphatic heterocycles. The van der Waals surface area contributed by atoms with Crippen LogP contribution in [-0.4, -0.2) is 24.3 Å². The lowest BCUT2D eigenvalue weighted by Crippen LogP contribution is -2.12. The summed E-state index contributed by atoms with van der Waals surface area (Å²) in [6.07, 6.45) is 3.26. The van der Waals surface area contributed by atoms with Crippen molar-refractivity contribution >= 4 is 12.4 Å². The maximum Gasteiger partial charge on any atom is 0.174 e. The maximum atomic E-state index is 10.5. The highest BCUT2D eigenvalue weighted by molar-refractivity contribution is 5.75. The smallest absolute Gasteiger partial charge is 0.174 e. The summed E-state index contributed by atoms with van der Waals surface area (Å²) in [5.41, 5.74) is 1.56. The molecule has 1 N–H and O–H groups in total. The van der Waals surface area contributed by atoms with Crippen LogP contribution in [-0.2, 0) is 4.74 Å². The van der Waals surface area contributed by atoms with Crippen molar-refractivity contribution in [1.29, 1.82) is 0 Å². The minimum atomic E-state index is -0.886. The van der Waals surface area contributed by atoms with E-state index in [4.69, 9.17) is 4.74 Å². The van der Waals surface area contributed by atoms with Gasteiger partial charge in [-0.05, 0) is 17.6 Å². The van der Waals surface area contributed by atoms with E-state index in [0.717, 1.165) is 11.8 Å². The summed E-state index contributed by atoms with van der Waals surface area (Å²) in [6, 6.07) is 7.09. The fourth-order valence-electron chi connectivity index (χ4n) is 1.23. The van der Waals surface area contributed by atoms with Crippen molar-refractivity contribution in [1.82, 2.24) is 0 Å². The molecule has 3 heteroatoms. The van der Waals surface area contributed by atoms with Crippen LogP contribution >= 0.6 is 0 Å². The number of carbonyl (C=O) groups is 1. The molecule has 1 aromatic carbocycles. The zero-order valence-electron chi connectivity index (χ0n) is 10.2. The summed E-state index contributed by atoms with van der Waals surface area (Å²) in [7, 11) is 0. The fraction of sp³-hybridized carbons (Fsp3) is 0.357. The van der Waals surface area contributed by atoms with Gasteiger partial charge in [0.1, 0.15) is 6.29 Å². The lowest BCUT2D eigenvalue weighted by atomic mass is 10.1. The molecule has 0 radical (unpaired) electrons. The number of hydrogen-bond donors (Lipinski definition) is 1. The largest absolute Gasteiger partial charge is 0.365 e. The van der Waals surface area contributed by atoms with Gasteiger partial charge in [0.15, 0.2) is 6.29 Å². The predicted octanol–water partition coefficient (Wildman–Crippen LogP) is 2.50. The SMILES string of the molecule is CC(C)COC(O)/C=C/c1ccc(C=O)cc1. The number of hydrogen-bond acceptors (Lipinski definition) is 3. The molecular formula is C14H18O3. The first-order valence-corrected chi connectivity index (χ1v) is 5.65. The summed E-state index contributed by atoms with van der Waals surface area (Å²) in [5, 5.41) is 9.49. The second-order valence-corrected chi connectivity index (χ2v) is 4.26. The molecule has 17 heavy (non-hydrogen) atoms. The molecule has 0 spiro atoms. The van der Waals surface area contributed by atoms with E-state index in [0.29, 0.717) is 18.1 Å². The Hall–Kier alpha value is -1.45. The highest BCUT2D eigenvalue weighted by Crippen LogP contribution is 2.06. The fourth-order valence-corrected chi connectivity index (χ4v) is 1.23. The van der Waals surface area contributed by atoms with Gasteiger partial charge in [-0.25, -0.2) is 0 Å². The molecule has 1 atom stereocenters. The normalized spacial score (nSPS) is 13.2. The quantitative estimate of drug-likeness (QED) is 0.607. The van der Waals surface area contributed by atoms with Crippen LogP contribution in [0.4, 0.5) is 0 Å². The van der Waals surface area contributed by atoms with Gasteiger partial charge in [0.2, 0.25) is 0 Å². The van der Waals surface area contributed by atoms with Gasteiger partial charge < -0.3 is 9.84 Å². The lowest BCUT2D eigenvalue weighted by Gasteiger charge is -2.09. The Kier molecular flexibility index (Phi) is 5.60. The molecule has 0 saturated heterocycles. The number of benzene rings is 1. The molecule has 3 nitrogen and oxygen atoms in total. The molecule has 0 heterocycles. The number of carbonyl (C=O) groups excluding carboxylic acids is 1. The van der Waals surface area contributed by atoms with E-state index in [-0.39, 0.29) is 0 Å². The number of aldehydes is 1. The van der Waals surface area contributed by atoms with Crippen molar-refractivity contribution in [2.75, 3.05) is 6.61 Å². The molecule has 0 amide bonds. The third-order valence-electron chi connectivity index (χ3n) is 2.13. The highest BCUT2D eigenvalue weighted by atomic mass is 16.6. The van der Waals surface area contributed by atoms with Gasteiger partial charge >= 0.3 is 0 Å². The average molecular weight is 234 g/mol. The Bertz CT molecular complexity index is 366. The second kappa shape index (κ2) is 6.99. The second-order valence-electron chi connectivity index (χ2n) is 4.26. The van der Waals surface area contributed by atoms with E-state index in [1.54, 1.807) is 24.3 Å². The van der Waals surface area contributed by atoms with E-state index in [1.807, 2.05) is 26.0 Å². The summed E-state index contributed by atoms with van der Waals surface area (Å²) in [5.74, 6) is 0.393. The van der Waals surface area contributed by atoms with E-state index >= 15 is 0 Å². The topological polar surface area (TPSA) is 46.5 Å². The van der Waals surface area contributed by atoms with E-state index in [2.05, 4.69) is 0 Å². The Balaban J connectivity index is 2.48. The molecule has 0 aliphatic rings. The minimum Gasteiger partial charge on any atom is -0.365 e. The molecule has 0 fully saturated rings. The van der Waals surface area contributed by atoms with Gasteiger partial charge in [-0.2, -0.15) is 0 Å². The van der Waals surface area contributed by atoms with Crippen LogP contribution < -0.4 is 0 Å². The lowest BCUT2D eigenvalue weighted by molar-refractivity contribution is -0.0725. The molecule has 0 saturated carbocycles. The van der Waals surface area contributed by atoms with Gasteiger partial charge in [-0.1, -0.05) is 44.2 Å². The van der Waals surface area contributed by atoms with E-state index in [9.17, 15) is 9.90 Å². The molecule has 0 aliphatic carbocycles. The number of aliphatic hydroxyl groups excluding tert-OH is 1. The van der Waals surface area contributed by atoms with Crippen LogP contribution in [0.3, 0.4) is 0 Å². The van der Waals surface area contributed by atoms with E-state index < -0.39 is 6.29 Å². The Labute approximate surface area is 102 Å². The number of rotatable bonds is 6. The first-order valence-electron chi connectivity index (χ1n) is 5.65. The van der Waals surface area contributed by atoms with Crippen LogP contribution in [0.25, 0.3) is 6.08 Å². The number of aliphatic hydroxyl groups is 1. The molecule has 1 aromatic rings. The molecule has 92 valence electrons. The molecule has 1 unspecified atom stereocenters. The van der Waals surface area contributed by atoms with Crippen LogP contribution in [0, 0.1) is 5.92 Å². The maximum absolute atomic E-state index is 10.5. The van der Waals surface area contributed by atoms with Crippen molar-refractivity contribution in [2.24, 2.45) is 5.92 Å². The first-order chi connectivity index (χ1) is 8.11. The van der Waals surface area contributed by atoms with Gasteiger partial charge in [0.25, 0.3) is 0 Å². The third-order valence-corrected chi connectivity index (χ3v) is 2.13. The first kappa shape index (κ1) is 13.6. The Morgan fingerprint density at radius 1 is 1.24 bits per heavy atom. The summed E-state index contributed by atoms with van der Waals surface area (Å²) >= 11 is 0. The zero-order chi connectivity index (χ0) is 12.7. The van der Waals surface area contributed by atoms with Gasteiger partial charge in [0.05, 0.1) is 6.61 Å². The zero-order valence-corrected chi connectivity index (χ0v) is 10.2. The van der Waals surface area contributed by atoms with Crippen molar-refractivity contribution in [3.63, 3.8) is 0 Å². The summed E-state index contributed by atoms with van der Waals surface area (Å²) < 4.78 is 5.18. The van der Waals surface area contributed by atoms with Gasteiger partial charge in [-0.15, -0.1) is 0 Å².